The summed E-state index contributed by atoms with van der Waals surface area (Å²) < 4.78 is 53.6. The molecular formula is C51H74O15. The Balaban J connectivity index is 0.000000371. The van der Waals surface area contributed by atoms with Gasteiger partial charge in [0.25, 0.3) is 0 Å². The van der Waals surface area contributed by atoms with Crippen LogP contribution in [0.2, 0.25) is 0 Å². The number of allylic oxidation sites excluding steroid dienone is 3. The molecule has 0 spiro atoms. The van der Waals surface area contributed by atoms with Gasteiger partial charge in [0, 0.05) is 51.0 Å². The van der Waals surface area contributed by atoms with Gasteiger partial charge in [-0.05, 0) is 116 Å². The molecule has 10 heterocycles. The number of aryl methyl sites for hydroxylation is 1. The summed E-state index contributed by atoms with van der Waals surface area (Å²) in [7, 11) is 0. The first kappa shape index (κ1) is 58.1. The molecule has 10 rings (SSSR count). The molecule has 1 fully saturated rings. The van der Waals surface area contributed by atoms with Crippen molar-refractivity contribution in [3.63, 3.8) is 0 Å². The third-order valence-electron chi connectivity index (χ3n) is 9.07. The molecule has 15 heteroatoms. The van der Waals surface area contributed by atoms with Crippen LogP contribution in [-0.2, 0) is 61.8 Å². The number of hydrogen-bond acceptors (Lipinski definition) is 15. The summed E-state index contributed by atoms with van der Waals surface area (Å²) in [5, 5.41) is 0. The van der Waals surface area contributed by atoms with Crippen LogP contribution in [0.5, 0.6) is 0 Å². The molecule has 2 bridgehead atoms. The lowest BCUT2D eigenvalue weighted by atomic mass is 9.97. The van der Waals surface area contributed by atoms with E-state index in [1.807, 2.05) is 67.5 Å². The lowest BCUT2D eigenvalue weighted by molar-refractivity contribution is -0.143. The quantitative estimate of drug-likeness (QED) is 0.136. The number of carbonyl (C=O) groups excluding carboxylic acids is 3. The van der Waals surface area contributed by atoms with E-state index < -0.39 is 5.79 Å². The lowest BCUT2D eigenvalue weighted by Crippen LogP contribution is -2.19. The molecule has 7 atom stereocenters. The summed E-state index contributed by atoms with van der Waals surface area (Å²) >= 11 is 0. The summed E-state index contributed by atoms with van der Waals surface area (Å²) in [6, 6.07) is 3.18. The van der Waals surface area contributed by atoms with Crippen molar-refractivity contribution in [2.45, 2.75) is 158 Å². The van der Waals surface area contributed by atoms with Crippen LogP contribution in [0.15, 0.2) is 124 Å². The summed E-state index contributed by atoms with van der Waals surface area (Å²) in [5.74, 6) is 1.38. The fourth-order valence-corrected chi connectivity index (χ4v) is 5.67. The number of rotatable bonds is 0. The number of esters is 3. The summed E-state index contributed by atoms with van der Waals surface area (Å²) in [4.78, 5) is 41.0. The van der Waals surface area contributed by atoms with Crippen LogP contribution in [0.4, 0.5) is 0 Å². The highest BCUT2D eigenvalue weighted by Crippen LogP contribution is 2.32. The van der Waals surface area contributed by atoms with E-state index in [1.165, 1.54) is 49.8 Å². The van der Waals surface area contributed by atoms with Gasteiger partial charge in [-0.15, -0.1) is 0 Å². The normalized spacial score (nSPS) is 26.1. The lowest BCUT2D eigenvalue weighted by Gasteiger charge is -2.16. The second-order valence-corrected chi connectivity index (χ2v) is 16.3. The van der Waals surface area contributed by atoms with Crippen LogP contribution in [0.3, 0.4) is 0 Å². The van der Waals surface area contributed by atoms with Crippen LogP contribution in [0.25, 0.3) is 0 Å². The molecule has 1 saturated heterocycles. The van der Waals surface area contributed by atoms with Gasteiger partial charge < -0.3 is 51.8 Å². The zero-order valence-corrected chi connectivity index (χ0v) is 39.9. The summed E-state index contributed by atoms with van der Waals surface area (Å²) in [6.45, 7) is 22.1. The Hall–Kier alpha value is -5.96. The Labute approximate surface area is 391 Å². The minimum Gasteiger partial charge on any atom is -0.499 e. The Kier molecular flexibility index (Phi) is 28.0. The van der Waals surface area contributed by atoms with Gasteiger partial charge in [0.15, 0.2) is 0 Å². The zero-order valence-electron chi connectivity index (χ0n) is 39.9. The maximum Gasteiger partial charge on any atom is 0.335 e. The van der Waals surface area contributed by atoms with E-state index >= 15 is 0 Å². The second-order valence-electron chi connectivity index (χ2n) is 16.3. The number of fused-ring (bicyclic) bond motifs is 2. The Morgan fingerprint density at radius 2 is 1.41 bits per heavy atom. The molecule has 9 aliphatic rings. The van der Waals surface area contributed by atoms with Crippen LogP contribution in [0, 0.1) is 12.8 Å². The van der Waals surface area contributed by atoms with Gasteiger partial charge in [0.2, 0.25) is 12.6 Å². The molecule has 7 unspecified atom stereocenters. The van der Waals surface area contributed by atoms with E-state index in [1.54, 1.807) is 37.2 Å². The van der Waals surface area contributed by atoms with Crippen molar-refractivity contribution in [2.24, 2.45) is 5.92 Å². The van der Waals surface area contributed by atoms with Crippen LogP contribution in [-0.4, -0.2) is 73.7 Å². The molecule has 0 amide bonds. The van der Waals surface area contributed by atoms with E-state index in [-0.39, 0.29) is 43.2 Å². The average Bonchev–Trinajstić information content (AvgIpc) is 4.13. The number of carbonyl (C=O) groups is 3. The third-order valence-corrected chi connectivity index (χ3v) is 9.07. The predicted octanol–water partition coefficient (Wildman–Crippen LogP) is 10.3. The third kappa shape index (κ3) is 28.1. The number of hydrogen-bond donors (Lipinski definition) is 0. The highest BCUT2D eigenvalue weighted by atomic mass is 16.7. The minimum absolute atomic E-state index is 0. The Morgan fingerprint density at radius 1 is 0.712 bits per heavy atom. The monoisotopic (exact) mass is 927 g/mol. The first-order valence-electron chi connectivity index (χ1n) is 21.8. The molecule has 368 valence electrons. The fraction of sp³-hybridized carbons (Fsp3) is 0.529. The number of cyclic esters (lactones) is 3. The second kappa shape index (κ2) is 31.8. The molecule has 0 aromatic carbocycles. The maximum absolute atomic E-state index is 10.4. The molecule has 66 heavy (non-hydrogen) atoms. The first-order valence-corrected chi connectivity index (χ1v) is 21.8. The molecule has 9 aliphatic heterocycles. The smallest absolute Gasteiger partial charge is 0.335 e. The van der Waals surface area contributed by atoms with Crippen molar-refractivity contribution in [1.29, 1.82) is 0 Å². The van der Waals surface area contributed by atoms with E-state index in [2.05, 4.69) is 57.6 Å². The summed E-state index contributed by atoms with van der Waals surface area (Å²) in [6.07, 6.45) is 31.9. The van der Waals surface area contributed by atoms with E-state index in [0.29, 0.717) is 37.8 Å². The maximum atomic E-state index is 10.4. The topological polar surface area (TPSA) is 174 Å². The van der Waals surface area contributed by atoms with Gasteiger partial charge in [-0.25, -0.2) is 19.2 Å². The summed E-state index contributed by atoms with van der Waals surface area (Å²) in [5.41, 5.74) is 1.65. The fourth-order valence-electron chi connectivity index (χ4n) is 5.67. The molecule has 1 aromatic rings. The SMILES string of the molecule is C.CC1=CC(=O)OC1.CC1=COC(C)(C)O1.CC1=COCO1.CC1C=CC(=O)O1.CC1CC2C=CC1O2.CC1CC=CC(=O)O1.CC1CC=CO1.CC1CCC=CO1.Cc1ccoc(=O)c1. The van der Waals surface area contributed by atoms with Gasteiger partial charge in [0.05, 0.1) is 43.2 Å². The molecule has 0 radical (unpaired) electrons. The highest BCUT2D eigenvalue weighted by Gasteiger charge is 2.33. The predicted molar refractivity (Wildman–Crippen MR) is 251 cm³/mol. The Morgan fingerprint density at radius 3 is 1.64 bits per heavy atom. The van der Waals surface area contributed by atoms with Gasteiger partial charge in [0.1, 0.15) is 42.9 Å². The van der Waals surface area contributed by atoms with E-state index in [9.17, 15) is 19.2 Å². The highest BCUT2D eigenvalue weighted by molar-refractivity contribution is 5.85. The van der Waals surface area contributed by atoms with Crippen molar-refractivity contribution in [2.75, 3.05) is 13.4 Å². The van der Waals surface area contributed by atoms with Gasteiger partial charge in [-0.1, -0.05) is 32.6 Å². The van der Waals surface area contributed by atoms with Crippen molar-refractivity contribution in [1.82, 2.24) is 0 Å². The van der Waals surface area contributed by atoms with Gasteiger partial charge in [-0.2, -0.15) is 0 Å². The molecule has 1 aromatic heterocycles. The molecule has 0 aliphatic carbocycles. The standard InChI is InChI=1S/C7H10O.C6H10O2.C6H6O2.C6H8O2.C6H10O.2C5H6O2.C5H8O.C4H6O2.CH4/c1-5-4-6-2-3-7(5)8-6;1-5-4-7-6(2,3)8-5;1-5-2-3-8-6(7)4-5;1-5-3-2-4-6(7)8-5;1-6-4-2-3-5-7-6;1-4-2-5(6)7-3-4;1-4-2-3-5(6)7-4;1-5-3-2-4-6-5;1-4-2-5-3-6-4;/h2-3,5-7H,4H2,1H3;4H,1-3H3;2-4H,1H3;2,4-5H,3H2,1H3;3,5-6H,2,4H2,1H3;2H,3H2,1H3;2-4H,1H3;2,4-5H,3H2,1H3;2H,3H2,1H3;1H4. The van der Waals surface area contributed by atoms with Crippen LogP contribution >= 0.6 is 0 Å². The largest absolute Gasteiger partial charge is 0.499 e. The molecular weight excluding hydrogens is 853 g/mol. The van der Waals surface area contributed by atoms with Crippen molar-refractivity contribution >= 4 is 17.9 Å². The Bertz CT molecular complexity index is 1910. The molecule has 15 nitrogen and oxygen atoms in total. The van der Waals surface area contributed by atoms with Crippen LogP contribution < -0.4 is 5.63 Å². The zero-order chi connectivity index (χ0) is 48.2. The van der Waals surface area contributed by atoms with E-state index in [0.717, 1.165) is 41.4 Å². The van der Waals surface area contributed by atoms with Crippen molar-refractivity contribution < 1.29 is 66.2 Å². The molecule has 0 N–H and O–H groups in total. The van der Waals surface area contributed by atoms with Crippen LogP contribution in [0.1, 0.15) is 114 Å². The van der Waals surface area contributed by atoms with Gasteiger partial charge in [-0.3, -0.25) is 0 Å². The molecule has 0 saturated carbocycles. The van der Waals surface area contributed by atoms with E-state index in [4.69, 9.17) is 33.2 Å². The minimum atomic E-state index is -0.427. The van der Waals surface area contributed by atoms with Crippen molar-refractivity contribution in [3.8, 4) is 0 Å². The number of ether oxygens (including phenoxy) is 10. The van der Waals surface area contributed by atoms with Crippen molar-refractivity contribution in [3.05, 3.63) is 131 Å². The van der Waals surface area contributed by atoms with Gasteiger partial charge >= 0.3 is 23.5 Å². The average molecular weight is 927 g/mol. The first-order chi connectivity index (χ1) is 30.8.